The molecule has 8 nitrogen and oxygen atoms in total. The van der Waals surface area contributed by atoms with Crippen LogP contribution in [0.15, 0.2) is 79.4 Å². The predicted molar refractivity (Wildman–Crippen MR) is 136 cm³/mol. The molecule has 1 N–H and O–H groups in total. The van der Waals surface area contributed by atoms with Gasteiger partial charge in [0.2, 0.25) is 31.8 Å². The van der Waals surface area contributed by atoms with E-state index in [9.17, 15) is 13.2 Å². The number of oxazole rings is 1. The summed E-state index contributed by atoms with van der Waals surface area (Å²) in [6, 6.07) is 14.3. The van der Waals surface area contributed by atoms with Gasteiger partial charge >= 0.3 is 0 Å². The lowest BCUT2D eigenvalue weighted by molar-refractivity contribution is -0.113. The molecular weight excluding hydrogens is 532 g/mol. The van der Waals surface area contributed by atoms with Gasteiger partial charge in [0.25, 0.3) is 0 Å². The van der Waals surface area contributed by atoms with Gasteiger partial charge < -0.3 is 19.2 Å². The highest BCUT2D eigenvalue weighted by Gasteiger charge is 2.29. The van der Waals surface area contributed by atoms with Gasteiger partial charge in [-0.05, 0) is 47.8 Å². The number of anilines is 1. The number of nitrogens with one attached hydrogen (secondary N) is 1. The monoisotopic (exact) mass is 550 g/mol. The fourth-order valence-electron chi connectivity index (χ4n) is 3.00. The molecule has 2 aromatic carbocycles. The summed E-state index contributed by atoms with van der Waals surface area (Å²) in [5, 5.41) is 4.74. The third kappa shape index (κ3) is 5.64. The Kier molecular flexibility index (Phi) is 7.70. The molecule has 0 aliphatic heterocycles. The number of carbonyl (C=O) groups excluding carboxylic acids is 1. The molecule has 4 aromatic rings. The van der Waals surface area contributed by atoms with E-state index in [2.05, 4.69) is 10.3 Å². The van der Waals surface area contributed by atoms with Crippen LogP contribution in [-0.2, 0) is 14.6 Å². The Morgan fingerprint density at radius 3 is 2.57 bits per heavy atom. The van der Waals surface area contributed by atoms with Crippen molar-refractivity contribution in [2.24, 2.45) is 0 Å². The van der Waals surface area contributed by atoms with Crippen molar-refractivity contribution in [3.63, 3.8) is 0 Å². The van der Waals surface area contributed by atoms with Crippen LogP contribution in [0.25, 0.3) is 10.8 Å². The molecule has 4 rings (SSSR count). The molecule has 182 valence electrons. The number of carbonyl (C=O) groups is 1. The number of thioether (sulfide) groups is 1. The normalized spacial score (nSPS) is 11.3. The molecule has 35 heavy (non-hydrogen) atoms. The van der Waals surface area contributed by atoms with Crippen molar-refractivity contribution in [2.75, 3.05) is 25.3 Å². The first-order valence-electron chi connectivity index (χ1n) is 10.0. The van der Waals surface area contributed by atoms with Crippen molar-refractivity contribution in [1.82, 2.24) is 4.98 Å². The molecular formula is C23H19ClN2O6S3. The topological polar surface area (TPSA) is 108 Å². The number of rotatable bonds is 9. The summed E-state index contributed by atoms with van der Waals surface area (Å²) in [6.45, 7) is 0. The van der Waals surface area contributed by atoms with E-state index in [0.717, 1.165) is 11.8 Å². The van der Waals surface area contributed by atoms with Gasteiger partial charge in [-0.25, -0.2) is 8.42 Å². The Bertz CT molecular complexity index is 1430. The summed E-state index contributed by atoms with van der Waals surface area (Å²) in [5.74, 6) is 0.647. The molecule has 2 heterocycles. The van der Waals surface area contributed by atoms with Crippen LogP contribution in [0.2, 0.25) is 5.02 Å². The number of nitrogens with zero attached hydrogens (tertiary/aromatic N) is 1. The molecule has 12 heteroatoms. The molecule has 0 aliphatic carbocycles. The maximum Gasteiger partial charge on any atom is 0.238 e. The Morgan fingerprint density at radius 1 is 1.14 bits per heavy atom. The third-order valence-corrected chi connectivity index (χ3v) is 8.56. The lowest BCUT2D eigenvalue weighted by atomic mass is 10.2. The lowest BCUT2D eigenvalue weighted by Crippen LogP contribution is -2.15. The van der Waals surface area contributed by atoms with Crippen LogP contribution in [0.4, 0.5) is 5.69 Å². The van der Waals surface area contributed by atoms with Gasteiger partial charge in [-0.15, -0.1) is 11.3 Å². The standard InChI is InChI=1S/C23H19ClN2O6S3/c1-30-15-7-10-17(18(12-15)31-2)25-20(27)13-34-23-22(26-21(32-23)19-4-3-11-33-19)35(28,29)16-8-5-14(24)6-9-16/h3-12H,13H2,1-2H3,(H,25,27). The van der Waals surface area contributed by atoms with Gasteiger partial charge in [-0.2, -0.15) is 4.98 Å². The maximum absolute atomic E-state index is 13.3. The van der Waals surface area contributed by atoms with Crippen molar-refractivity contribution in [3.05, 3.63) is 65.0 Å². The van der Waals surface area contributed by atoms with E-state index in [1.54, 1.807) is 30.3 Å². The van der Waals surface area contributed by atoms with Crippen molar-refractivity contribution >= 4 is 56.1 Å². The van der Waals surface area contributed by atoms with Gasteiger partial charge in [0.05, 0.1) is 35.4 Å². The molecule has 0 bridgehead atoms. The Labute approximate surface area is 215 Å². The fraction of sp³-hybridized carbons (Fsp3) is 0.130. The van der Waals surface area contributed by atoms with Crippen LogP contribution in [0.5, 0.6) is 11.5 Å². The molecule has 0 spiro atoms. The summed E-state index contributed by atoms with van der Waals surface area (Å²) in [6.07, 6.45) is 0. The highest BCUT2D eigenvalue weighted by Crippen LogP contribution is 2.36. The zero-order valence-corrected chi connectivity index (χ0v) is 21.7. The molecule has 0 fully saturated rings. The van der Waals surface area contributed by atoms with Gasteiger partial charge in [0, 0.05) is 11.1 Å². The molecule has 0 saturated heterocycles. The Balaban J connectivity index is 1.59. The van der Waals surface area contributed by atoms with Crippen molar-refractivity contribution < 1.29 is 27.1 Å². The van der Waals surface area contributed by atoms with E-state index in [4.69, 9.17) is 25.5 Å². The van der Waals surface area contributed by atoms with E-state index >= 15 is 0 Å². The molecule has 0 aliphatic rings. The highest BCUT2D eigenvalue weighted by atomic mass is 35.5. The van der Waals surface area contributed by atoms with Gasteiger partial charge in [-0.3, -0.25) is 4.79 Å². The van der Waals surface area contributed by atoms with E-state index in [-0.39, 0.29) is 32.6 Å². The lowest BCUT2D eigenvalue weighted by Gasteiger charge is -2.11. The molecule has 0 unspecified atom stereocenters. The van der Waals surface area contributed by atoms with Crippen LogP contribution in [0, 0.1) is 0 Å². The zero-order chi connectivity index (χ0) is 25.0. The average molecular weight is 551 g/mol. The van der Waals surface area contributed by atoms with Gasteiger partial charge in [0.1, 0.15) is 11.5 Å². The van der Waals surface area contributed by atoms with Crippen LogP contribution in [-0.4, -0.2) is 39.3 Å². The number of methoxy groups -OCH3 is 2. The Morgan fingerprint density at radius 2 is 1.91 bits per heavy atom. The largest absolute Gasteiger partial charge is 0.497 e. The number of aromatic nitrogens is 1. The van der Waals surface area contributed by atoms with E-state index < -0.39 is 9.84 Å². The number of sulfone groups is 1. The molecule has 2 aromatic heterocycles. The third-order valence-electron chi connectivity index (χ3n) is 4.69. The minimum atomic E-state index is -4.03. The van der Waals surface area contributed by atoms with E-state index in [0.29, 0.717) is 27.1 Å². The summed E-state index contributed by atoms with van der Waals surface area (Å²) in [5.41, 5.74) is 0.449. The number of amides is 1. The first-order chi connectivity index (χ1) is 16.8. The van der Waals surface area contributed by atoms with Gasteiger partial charge in [0.15, 0.2) is 0 Å². The van der Waals surface area contributed by atoms with Crippen LogP contribution in [0.3, 0.4) is 0 Å². The minimum Gasteiger partial charge on any atom is -0.497 e. The molecule has 0 atom stereocenters. The second-order valence-electron chi connectivity index (χ2n) is 6.95. The van der Waals surface area contributed by atoms with Crippen molar-refractivity contribution in [3.8, 4) is 22.3 Å². The summed E-state index contributed by atoms with van der Waals surface area (Å²) in [4.78, 5) is 17.6. The predicted octanol–water partition coefficient (Wildman–Crippen LogP) is 5.64. The number of hydrogen-bond donors (Lipinski definition) is 1. The Hall–Kier alpha value is -2.99. The molecule has 1 amide bonds. The first kappa shape index (κ1) is 25.1. The van der Waals surface area contributed by atoms with Crippen molar-refractivity contribution in [2.45, 2.75) is 15.0 Å². The first-order valence-corrected chi connectivity index (χ1v) is 13.7. The number of halogens is 1. The van der Waals surface area contributed by atoms with Gasteiger partial charge in [-0.1, -0.05) is 29.4 Å². The molecule has 0 radical (unpaired) electrons. The molecule has 0 saturated carbocycles. The second-order valence-corrected chi connectivity index (χ2v) is 11.1. The summed E-state index contributed by atoms with van der Waals surface area (Å²) in [7, 11) is -1.02. The average Bonchev–Trinajstić information content (AvgIpc) is 3.54. The van der Waals surface area contributed by atoms with Crippen molar-refractivity contribution in [1.29, 1.82) is 0 Å². The van der Waals surface area contributed by atoms with Crippen LogP contribution in [0.1, 0.15) is 0 Å². The van der Waals surface area contributed by atoms with Crippen LogP contribution >= 0.6 is 34.7 Å². The minimum absolute atomic E-state index is 0.0141. The zero-order valence-electron chi connectivity index (χ0n) is 18.5. The SMILES string of the molecule is COc1ccc(NC(=O)CSc2oc(-c3cccs3)nc2S(=O)(=O)c2ccc(Cl)cc2)c(OC)c1. The van der Waals surface area contributed by atoms with Crippen LogP contribution < -0.4 is 14.8 Å². The number of benzene rings is 2. The second kappa shape index (κ2) is 10.7. The number of ether oxygens (including phenoxy) is 2. The summed E-state index contributed by atoms with van der Waals surface area (Å²) >= 11 is 8.20. The smallest absolute Gasteiger partial charge is 0.238 e. The highest BCUT2D eigenvalue weighted by molar-refractivity contribution is 8.00. The fourth-order valence-corrected chi connectivity index (χ4v) is 6.11. The van der Waals surface area contributed by atoms with E-state index in [1.807, 2.05) is 5.38 Å². The number of hydrogen-bond acceptors (Lipinski definition) is 9. The van der Waals surface area contributed by atoms with E-state index in [1.165, 1.54) is 49.8 Å². The maximum atomic E-state index is 13.3. The number of thiophene rings is 1. The quantitative estimate of drug-likeness (QED) is 0.267. The summed E-state index contributed by atoms with van der Waals surface area (Å²) < 4.78 is 42.9.